The van der Waals surface area contributed by atoms with E-state index < -0.39 is 11.9 Å². The number of hydrogen-bond acceptors (Lipinski definition) is 6. The zero-order chi connectivity index (χ0) is 31.2. The summed E-state index contributed by atoms with van der Waals surface area (Å²) in [4.78, 5) is 59.2. The van der Waals surface area contributed by atoms with Gasteiger partial charge in [0.15, 0.2) is 5.65 Å². The van der Waals surface area contributed by atoms with Crippen molar-refractivity contribution in [2.24, 2.45) is 23.3 Å². The van der Waals surface area contributed by atoms with E-state index in [0.29, 0.717) is 47.9 Å². The van der Waals surface area contributed by atoms with E-state index in [9.17, 15) is 14.4 Å². The van der Waals surface area contributed by atoms with E-state index in [4.69, 9.17) is 16.5 Å². The lowest BCUT2D eigenvalue weighted by Gasteiger charge is -2.35. The van der Waals surface area contributed by atoms with Gasteiger partial charge in [0.05, 0.1) is 16.6 Å². The molecule has 2 saturated carbocycles. The molecule has 7 N–H and O–H groups in total. The zero-order valence-electron chi connectivity index (χ0n) is 25.3. The predicted molar refractivity (Wildman–Crippen MR) is 174 cm³/mol. The maximum absolute atomic E-state index is 14.2. The van der Waals surface area contributed by atoms with Gasteiger partial charge in [-0.25, -0.2) is 14.8 Å². The number of aryl methyl sites for hydroxylation is 1. The Bertz CT molecular complexity index is 1940. The first kappa shape index (κ1) is 29.0. The Hall–Kier alpha value is -4.77. The van der Waals surface area contributed by atoms with Crippen LogP contribution in [0.3, 0.4) is 0 Å². The number of nitrogens with zero attached hydrogens (tertiary/aromatic N) is 3. The fourth-order valence-corrected chi connectivity index (χ4v) is 6.73. The number of benzene rings is 2. The number of rotatable bonds is 9. The number of primary amides is 1. The van der Waals surface area contributed by atoms with Crippen molar-refractivity contribution in [2.45, 2.75) is 63.8 Å². The Labute approximate surface area is 259 Å². The number of hydrogen-bond donors (Lipinski definition) is 5. The standard InChI is InChI=1S/C34H38N8O3/c1-18-25(16-28-32(37-18)41-31(38-28)22-10-11-22)21-6-2-19(3-7-21)14-29(30(36)43)42(33(44)23-8-4-20(17-35)5-9-23)24-12-13-26-27(15-24)40-34(45)39-26/h2-3,6-7,12-13,15-16,20,22-23,29H,4-5,8-11,14,17,35H2,1H3,(H2,36,43)(H,37,38,41)(H2,39,40,45)/t20?,23?,29-/m0/s1. The number of aromatic amines is 3. The first-order valence-corrected chi connectivity index (χ1v) is 15.8. The van der Waals surface area contributed by atoms with E-state index in [0.717, 1.165) is 65.1 Å². The van der Waals surface area contributed by atoms with Crippen LogP contribution in [-0.4, -0.2) is 49.3 Å². The molecule has 3 heterocycles. The van der Waals surface area contributed by atoms with E-state index in [1.165, 1.54) is 0 Å². The molecule has 2 aliphatic carbocycles. The SMILES string of the molecule is Cc1nc2nc(C3CC3)[nH]c2cc1-c1ccc(C[C@@H](C(N)=O)N(C(=O)C2CCC(CN)CC2)c2ccc3[nH]c(=O)[nH]c3c2)cc1. The van der Waals surface area contributed by atoms with E-state index in [-0.39, 0.29) is 23.9 Å². The van der Waals surface area contributed by atoms with Crippen molar-refractivity contribution in [3.63, 3.8) is 0 Å². The minimum absolute atomic E-state index is 0.136. The van der Waals surface area contributed by atoms with Crippen LogP contribution in [0.15, 0.2) is 53.3 Å². The van der Waals surface area contributed by atoms with Gasteiger partial charge in [-0.3, -0.25) is 14.5 Å². The Morgan fingerprint density at radius 3 is 2.33 bits per heavy atom. The van der Waals surface area contributed by atoms with Crippen LogP contribution < -0.4 is 22.1 Å². The molecule has 5 aromatic rings. The molecule has 0 saturated heterocycles. The highest BCUT2D eigenvalue weighted by atomic mass is 16.2. The average molecular weight is 607 g/mol. The van der Waals surface area contributed by atoms with Gasteiger partial charge in [0.25, 0.3) is 0 Å². The van der Waals surface area contributed by atoms with Crippen LogP contribution in [0.25, 0.3) is 33.3 Å². The van der Waals surface area contributed by atoms with Gasteiger partial charge in [0.1, 0.15) is 11.9 Å². The van der Waals surface area contributed by atoms with Crippen LogP contribution in [-0.2, 0) is 16.0 Å². The third-order valence-electron chi connectivity index (χ3n) is 9.52. The molecule has 11 nitrogen and oxygen atoms in total. The van der Waals surface area contributed by atoms with Crippen molar-refractivity contribution in [1.29, 1.82) is 0 Å². The number of amides is 2. The fourth-order valence-electron chi connectivity index (χ4n) is 6.73. The molecular formula is C34H38N8O3. The van der Waals surface area contributed by atoms with Gasteiger partial charge in [-0.15, -0.1) is 0 Å². The summed E-state index contributed by atoms with van der Waals surface area (Å²) in [5.74, 6) is 0.953. The second-order valence-corrected chi connectivity index (χ2v) is 12.7. The minimum Gasteiger partial charge on any atom is -0.368 e. The number of nitrogens with two attached hydrogens (primary N) is 2. The largest absolute Gasteiger partial charge is 0.368 e. The zero-order valence-corrected chi connectivity index (χ0v) is 25.3. The molecule has 0 radical (unpaired) electrons. The van der Waals surface area contributed by atoms with Crippen molar-refractivity contribution >= 4 is 39.7 Å². The van der Waals surface area contributed by atoms with E-state index in [1.807, 2.05) is 31.2 Å². The Balaban J connectivity index is 1.19. The Morgan fingerprint density at radius 1 is 0.911 bits per heavy atom. The number of carbonyl (C=O) groups excluding carboxylic acids is 2. The minimum atomic E-state index is -0.927. The first-order chi connectivity index (χ1) is 21.8. The lowest BCUT2D eigenvalue weighted by Crippen LogP contribution is -2.52. The Morgan fingerprint density at radius 2 is 1.64 bits per heavy atom. The molecule has 2 amide bonds. The molecule has 3 aromatic heterocycles. The van der Waals surface area contributed by atoms with Crippen molar-refractivity contribution in [1.82, 2.24) is 24.9 Å². The topological polar surface area (TPSA) is 180 Å². The smallest absolute Gasteiger partial charge is 0.323 e. The summed E-state index contributed by atoms with van der Waals surface area (Å²) >= 11 is 0. The lowest BCUT2D eigenvalue weighted by atomic mass is 9.81. The molecule has 0 spiro atoms. The molecule has 1 atom stereocenters. The van der Waals surface area contributed by atoms with E-state index >= 15 is 0 Å². The lowest BCUT2D eigenvalue weighted by molar-refractivity contribution is -0.127. The third-order valence-corrected chi connectivity index (χ3v) is 9.52. The van der Waals surface area contributed by atoms with E-state index in [2.05, 4.69) is 26.0 Å². The number of pyridine rings is 1. The summed E-state index contributed by atoms with van der Waals surface area (Å²) in [5, 5.41) is 0. The molecular weight excluding hydrogens is 568 g/mol. The third kappa shape index (κ3) is 5.75. The second kappa shape index (κ2) is 11.6. The molecule has 0 bridgehead atoms. The van der Waals surface area contributed by atoms with Crippen molar-refractivity contribution in [3.8, 4) is 11.1 Å². The molecule has 232 valence electrons. The van der Waals surface area contributed by atoms with Crippen molar-refractivity contribution in [2.75, 3.05) is 11.4 Å². The maximum atomic E-state index is 14.2. The molecule has 7 rings (SSSR count). The maximum Gasteiger partial charge on any atom is 0.323 e. The van der Waals surface area contributed by atoms with Crippen LogP contribution in [0, 0.1) is 18.8 Å². The quantitative estimate of drug-likeness (QED) is 0.168. The van der Waals surface area contributed by atoms with Gasteiger partial charge in [0, 0.05) is 35.2 Å². The molecule has 0 unspecified atom stereocenters. The monoisotopic (exact) mass is 606 g/mol. The first-order valence-electron chi connectivity index (χ1n) is 15.8. The molecule has 0 aliphatic heterocycles. The van der Waals surface area contributed by atoms with Crippen LogP contribution in [0.1, 0.15) is 61.5 Å². The van der Waals surface area contributed by atoms with Gasteiger partial charge in [-0.05, 0) is 93.3 Å². The average Bonchev–Trinajstić information content (AvgIpc) is 3.70. The van der Waals surface area contributed by atoms with Gasteiger partial charge >= 0.3 is 5.69 Å². The molecule has 2 fully saturated rings. The number of anilines is 1. The highest BCUT2D eigenvalue weighted by Gasteiger charge is 2.36. The molecule has 2 aliphatic rings. The second-order valence-electron chi connectivity index (χ2n) is 12.7. The van der Waals surface area contributed by atoms with Crippen molar-refractivity contribution in [3.05, 3.63) is 76.1 Å². The fraction of sp³-hybridized carbons (Fsp3) is 0.382. The molecule has 11 heteroatoms. The van der Waals surface area contributed by atoms with Gasteiger partial charge in [-0.2, -0.15) is 0 Å². The van der Waals surface area contributed by atoms with E-state index in [1.54, 1.807) is 23.1 Å². The number of carbonyl (C=O) groups is 2. The predicted octanol–water partition coefficient (Wildman–Crippen LogP) is 4.18. The highest BCUT2D eigenvalue weighted by molar-refractivity contribution is 6.02. The normalized spacial score (nSPS) is 19.2. The Kier molecular flexibility index (Phi) is 7.48. The van der Waals surface area contributed by atoms with Crippen LogP contribution in [0.2, 0.25) is 0 Å². The van der Waals surface area contributed by atoms with Crippen LogP contribution in [0.5, 0.6) is 0 Å². The highest BCUT2D eigenvalue weighted by Crippen LogP contribution is 2.39. The number of fused-ring (bicyclic) bond motifs is 2. The van der Waals surface area contributed by atoms with Crippen LogP contribution in [0.4, 0.5) is 5.69 Å². The summed E-state index contributed by atoms with van der Waals surface area (Å²) in [6, 6.07) is 14.4. The summed E-state index contributed by atoms with van der Waals surface area (Å²) in [6.07, 6.45) is 5.72. The number of aromatic nitrogens is 5. The molecule has 45 heavy (non-hydrogen) atoms. The van der Waals surface area contributed by atoms with Gasteiger partial charge < -0.3 is 26.4 Å². The summed E-state index contributed by atoms with van der Waals surface area (Å²) in [6.45, 7) is 2.59. The number of imidazole rings is 2. The van der Waals surface area contributed by atoms with Gasteiger partial charge in [-0.1, -0.05) is 24.3 Å². The summed E-state index contributed by atoms with van der Waals surface area (Å²) < 4.78 is 0. The van der Waals surface area contributed by atoms with Crippen molar-refractivity contribution < 1.29 is 9.59 Å². The number of H-pyrrole nitrogens is 3. The molecule has 2 aromatic carbocycles. The summed E-state index contributed by atoms with van der Waals surface area (Å²) in [5.41, 5.74) is 18.7. The number of nitrogens with one attached hydrogen (secondary N) is 3. The summed E-state index contributed by atoms with van der Waals surface area (Å²) in [7, 11) is 0. The van der Waals surface area contributed by atoms with Crippen LogP contribution >= 0.6 is 0 Å². The van der Waals surface area contributed by atoms with Gasteiger partial charge in [0.2, 0.25) is 11.8 Å².